The second-order valence-corrected chi connectivity index (χ2v) is 3.97. The highest BCUT2D eigenvalue weighted by atomic mass is 19.4. The van der Waals surface area contributed by atoms with Crippen molar-refractivity contribution in [2.45, 2.75) is 32.0 Å². The molecule has 0 aromatic carbocycles. The lowest BCUT2D eigenvalue weighted by Gasteiger charge is -2.27. The van der Waals surface area contributed by atoms with Gasteiger partial charge in [0.25, 0.3) is 0 Å². The van der Waals surface area contributed by atoms with E-state index in [-0.39, 0.29) is 0 Å². The number of aromatic nitrogens is 2. The summed E-state index contributed by atoms with van der Waals surface area (Å²) < 4.78 is 31.7. The van der Waals surface area contributed by atoms with Gasteiger partial charge in [-0.15, -0.1) is 0 Å². The van der Waals surface area contributed by atoms with Crippen molar-refractivity contribution in [1.29, 1.82) is 0 Å². The number of aliphatic carboxylic acids is 1. The van der Waals surface area contributed by atoms with Crippen LogP contribution in [0, 0.1) is 6.92 Å². The average molecular weight is 265 g/mol. The average Bonchev–Trinajstić information content (AvgIpc) is 2.57. The summed E-state index contributed by atoms with van der Waals surface area (Å²) in [6, 6.07) is 0.700. The molecule has 1 aliphatic rings. The molecule has 2 heterocycles. The number of aromatic amines is 1. The van der Waals surface area contributed by atoms with Crippen LogP contribution in [0.1, 0.15) is 17.7 Å². The first kappa shape index (κ1) is 14.5. The second-order valence-electron chi connectivity index (χ2n) is 3.97. The summed E-state index contributed by atoms with van der Waals surface area (Å²) in [5.74, 6) is -2.76. The molecule has 18 heavy (non-hydrogen) atoms. The standard InChI is InChI=1S/C8H13N3.C2HF3O2/c1-6-7(5-10-11-6)4-8-2-3-9-8;3-2(4,5)1(6)7/h5,8-9H,2-4H2,1H3,(H,10,11);(H,6,7). The summed E-state index contributed by atoms with van der Waals surface area (Å²) in [7, 11) is 0. The molecule has 0 bridgehead atoms. The fraction of sp³-hybridized carbons (Fsp3) is 0.600. The zero-order chi connectivity index (χ0) is 13.8. The van der Waals surface area contributed by atoms with E-state index in [1.54, 1.807) is 0 Å². The van der Waals surface area contributed by atoms with Crippen LogP contribution in [0.15, 0.2) is 6.20 Å². The Morgan fingerprint density at radius 1 is 1.61 bits per heavy atom. The van der Waals surface area contributed by atoms with Crippen molar-refractivity contribution in [2.24, 2.45) is 0 Å². The third-order valence-corrected chi connectivity index (χ3v) is 2.57. The van der Waals surface area contributed by atoms with Crippen molar-refractivity contribution in [1.82, 2.24) is 15.5 Å². The lowest BCUT2D eigenvalue weighted by atomic mass is 9.99. The Labute approximate surface area is 101 Å². The first-order valence-electron chi connectivity index (χ1n) is 5.33. The highest BCUT2D eigenvalue weighted by Crippen LogP contribution is 2.13. The summed E-state index contributed by atoms with van der Waals surface area (Å²) in [5, 5.41) is 17.4. The summed E-state index contributed by atoms with van der Waals surface area (Å²) in [4.78, 5) is 8.90. The molecule has 0 aliphatic carbocycles. The van der Waals surface area contributed by atoms with E-state index >= 15 is 0 Å². The van der Waals surface area contributed by atoms with Crippen molar-refractivity contribution in [3.05, 3.63) is 17.5 Å². The maximum atomic E-state index is 10.6. The number of halogens is 3. The van der Waals surface area contributed by atoms with Crippen LogP contribution in [0.25, 0.3) is 0 Å². The minimum atomic E-state index is -5.08. The van der Waals surface area contributed by atoms with Gasteiger partial charge in [0.1, 0.15) is 0 Å². The maximum Gasteiger partial charge on any atom is 0.490 e. The van der Waals surface area contributed by atoms with E-state index in [9.17, 15) is 13.2 Å². The van der Waals surface area contributed by atoms with Crippen molar-refractivity contribution in [3.63, 3.8) is 0 Å². The summed E-state index contributed by atoms with van der Waals surface area (Å²) >= 11 is 0. The van der Waals surface area contributed by atoms with Crippen molar-refractivity contribution < 1.29 is 23.1 Å². The highest BCUT2D eigenvalue weighted by molar-refractivity contribution is 5.73. The van der Waals surface area contributed by atoms with Gasteiger partial charge in [0.2, 0.25) is 0 Å². The van der Waals surface area contributed by atoms with Gasteiger partial charge in [-0.1, -0.05) is 0 Å². The van der Waals surface area contributed by atoms with Gasteiger partial charge in [-0.3, -0.25) is 5.10 Å². The molecule has 1 aromatic rings. The normalized spacial score (nSPS) is 18.6. The molecule has 0 spiro atoms. The molecule has 3 N–H and O–H groups in total. The number of carboxylic acids is 1. The van der Waals surface area contributed by atoms with Gasteiger partial charge in [-0.05, 0) is 31.9 Å². The van der Waals surface area contributed by atoms with Gasteiger partial charge in [-0.25, -0.2) is 4.79 Å². The number of nitrogens with zero attached hydrogens (tertiary/aromatic N) is 1. The van der Waals surface area contributed by atoms with Crippen LogP contribution >= 0.6 is 0 Å². The first-order valence-corrected chi connectivity index (χ1v) is 5.33. The molecule has 2 rings (SSSR count). The fourth-order valence-corrected chi connectivity index (χ4v) is 1.37. The number of carbonyl (C=O) groups is 1. The fourth-order valence-electron chi connectivity index (χ4n) is 1.37. The minimum Gasteiger partial charge on any atom is -0.475 e. The lowest BCUT2D eigenvalue weighted by Crippen LogP contribution is -2.44. The monoisotopic (exact) mass is 265 g/mol. The molecule has 1 unspecified atom stereocenters. The first-order chi connectivity index (χ1) is 8.30. The predicted molar refractivity (Wildman–Crippen MR) is 57.1 cm³/mol. The molecule has 8 heteroatoms. The molecular formula is C10H14F3N3O2. The number of hydrogen-bond donors (Lipinski definition) is 3. The topological polar surface area (TPSA) is 78.0 Å². The predicted octanol–water partition coefficient (Wildman–Crippen LogP) is 1.26. The summed E-state index contributed by atoms with van der Waals surface area (Å²) in [6.45, 7) is 3.25. The molecule has 5 nitrogen and oxygen atoms in total. The van der Waals surface area contributed by atoms with Gasteiger partial charge in [0.05, 0.1) is 6.20 Å². The van der Waals surface area contributed by atoms with Crippen LogP contribution in [0.5, 0.6) is 0 Å². The molecular weight excluding hydrogens is 251 g/mol. The van der Waals surface area contributed by atoms with Crippen LogP contribution in [0.4, 0.5) is 13.2 Å². The van der Waals surface area contributed by atoms with Crippen LogP contribution in [0.2, 0.25) is 0 Å². The van der Waals surface area contributed by atoms with Crippen molar-refractivity contribution in [3.8, 4) is 0 Å². The van der Waals surface area contributed by atoms with Gasteiger partial charge in [-0.2, -0.15) is 18.3 Å². The van der Waals surface area contributed by atoms with E-state index in [4.69, 9.17) is 9.90 Å². The summed E-state index contributed by atoms with van der Waals surface area (Å²) in [5.41, 5.74) is 2.56. The van der Waals surface area contributed by atoms with Gasteiger partial charge >= 0.3 is 12.1 Å². The molecule has 0 saturated carbocycles. The van der Waals surface area contributed by atoms with E-state index in [1.807, 2.05) is 6.20 Å². The number of rotatable bonds is 2. The number of aryl methyl sites for hydroxylation is 1. The molecule has 0 amide bonds. The smallest absolute Gasteiger partial charge is 0.475 e. The van der Waals surface area contributed by atoms with Crippen LogP contribution < -0.4 is 5.32 Å². The number of H-pyrrole nitrogens is 1. The van der Waals surface area contributed by atoms with Crippen molar-refractivity contribution >= 4 is 5.97 Å². The quantitative estimate of drug-likeness (QED) is 0.752. The van der Waals surface area contributed by atoms with Crippen LogP contribution in [0.3, 0.4) is 0 Å². The molecule has 0 radical (unpaired) electrons. The largest absolute Gasteiger partial charge is 0.490 e. The third kappa shape index (κ3) is 4.36. The lowest BCUT2D eigenvalue weighted by molar-refractivity contribution is -0.192. The minimum absolute atomic E-state index is 0.700. The Kier molecular flexibility index (Phi) is 4.71. The van der Waals surface area contributed by atoms with Gasteiger partial charge in [0, 0.05) is 11.7 Å². The van der Waals surface area contributed by atoms with Crippen LogP contribution in [-0.4, -0.2) is 40.0 Å². The molecule has 1 aliphatic heterocycles. The van der Waals surface area contributed by atoms with Crippen molar-refractivity contribution in [2.75, 3.05) is 6.54 Å². The van der Waals surface area contributed by atoms with Gasteiger partial charge < -0.3 is 10.4 Å². The Morgan fingerprint density at radius 3 is 2.44 bits per heavy atom. The zero-order valence-electron chi connectivity index (χ0n) is 9.71. The Hall–Kier alpha value is -1.57. The number of nitrogens with one attached hydrogen (secondary N) is 2. The van der Waals surface area contributed by atoms with E-state index < -0.39 is 12.1 Å². The van der Waals surface area contributed by atoms with E-state index in [0.717, 1.165) is 6.42 Å². The Balaban J connectivity index is 0.000000203. The Bertz CT molecular complexity index is 399. The van der Waals surface area contributed by atoms with Gasteiger partial charge in [0.15, 0.2) is 0 Å². The van der Waals surface area contributed by atoms with E-state index in [0.29, 0.717) is 6.04 Å². The number of hydrogen-bond acceptors (Lipinski definition) is 3. The molecule has 1 saturated heterocycles. The zero-order valence-corrected chi connectivity index (χ0v) is 9.71. The van der Waals surface area contributed by atoms with E-state index in [2.05, 4.69) is 22.4 Å². The van der Waals surface area contributed by atoms with E-state index in [1.165, 1.54) is 24.2 Å². The molecule has 1 aromatic heterocycles. The highest BCUT2D eigenvalue weighted by Gasteiger charge is 2.38. The molecule has 1 fully saturated rings. The third-order valence-electron chi connectivity index (χ3n) is 2.57. The number of alkyl halides is 3. The molecule has 102 valence electrons. The SMILES string of the molecule is Cc1[nH]ncc1CC1CCN1.O=C(O)C(F)(F)F. The number of carboxylic acid groups (broad SMARTS) is 1. The maximum absolute atomic E-state index is 10.6. The second kappa shape index (κ2) is 5.85. The Morgan fingerprint density at radius 2 is 2.17 bits per heavy atom. The van der Waals surface area contributed by atoms with Crippen LogP contribution in [-0.2, 0) is 11.2 Å². The molecule has 1 atom stereocenters. The summed E-state index contributed by atoms with van der Waals surface area (Å²) in [6.07, 6.45) is -0.720.